The molecule has 1 fully saturated rings. The van der Waals surface area contributed by atoms with Crippen molar-refractivity contribution in [2.45, 2.75) is 25.3 Å². The van der Waals surface area contributed by atoms with Gasteiger partial charge in [0, 0.05) is 17.6 Å². The Morgan fingerprint density at radius 2 is 2.10 bits per heavy atom. The summed E-state index contributed by atoms with van der Waals surface area (Å²) >= 11 is 0. The van der Waals surface area contributed by atoms with Crippen molar-refractivity contribution in [3.05, 3.63) is 36.8 Å². The molecule has 2 unspecified atom stereocenters. The lowest BCUT2D eigenvalue weighted by atomic mass is 10.1. The van der Waals surface area contributed by atoms with E-state index in [1.165, 1.54) is 0 Å². The van der Waals surface area contributed by atoms with E-state index in [0.29, 0.717) is 0 Å². The smallest absolute Gasteiger partial charge is 0.227 e. The van der Waals surface area contributed by atoms with Crippen molar-refractivity contribution in [3.8, 4) is 11.3 Å². The summed E-state index contributed by atoms with van der Waals surface area (Å²) in [6.45, 7) is 0. The zero-order valence-corrected chi connectivity index (χ0v) is 11.2. The average molecular weight is 270 g/mol. The van der Waals surface area contributed by atoms with Crippen LogP contribution in [0.2, 0.25) is 0 Å². The van der Waals surface area contributed by atoms with Gasteiger partial charge in [-0.25, -0.2) is 4.98 Å². The molecule has 5 nitrogen and oxygen atoms in total. The summed E-state index contributed by atoms with van der Waals surface area (Å²) in [4.78, 5) is 19.1. The highest BCUT2D eigenvalue weighted by molar-refractivity contribution is 5.93. The number of hydrogen-bond donors (Lipinski definition) is 3. The molecule has 0 bridgehead atoms. The largest absolute Gasteiger partial charge is 0.345 e. The van der Waals surface area contributed by atoms with Gasteiger partial charge in [0.25, 0.3) is 0 Å². The van der Waals surface area contributed by atoms with Crippen LogP contribution in [0.5, 0.6) is 0 Å². The Bertz CT molecular complexity index is 576. The van der Waals surface area contributed by atoms with Crippen molar-refractivity contribution in [2.24, 2.45) is 11.7 Å². The minimum Gasteiger partial charge on any atom is -0.345 e. The molecular formula is C15H18N4O. The molecule has 0 aliphatic heterocycles. The number of carbonyl (C=O) groups is 1. The summed E-state index contributed by atoms with van der Waals surface area (Å²) in [6.07, 6.45) is 6.04. The second-order valence-electron chi connectivity index (χ2n) is 5.30. The van der Waals surface area contributed by atoms with E-state index in [1.807, 2.05) is 24.3 Å². The molecule has 2 atom stereocenters. The van der Waals surface area contributed by atoms with Crippen molar-refractivity contribution >= 4 is 11.6 Å². The SMILES string of the molecule is NC1CCC(C(=O)Nc2ccc(-c3cnc[nH]3)cc2)C1. The van der Waals surface area contributed by atoms with Gasteiger partial charge in [-0.2, -0.15) is 0 Å². The molecule has 1 amide bonds. The molecule has 1 saturated carbocycles. The molecular weight excluding hydrogens is 252 g/mol. The van der Waals surface area contributed by atoms with E-state index in [2.05, 4.69) is 15.3 Å². The fourth-order valence-corrected chi connectivity index (χ4v) is 2.65. The van der Waals surface area contributed by atoms with Gasteiger partial charge in [0.15, 0.2) is 0 Å². The van der Waals surface area contributed by atoms with Gasteiger partial charge in [0.05, 0.1) is 18.2 Å². The normalized spacial score (nSPS) is 21.9. The third-order valence-corrected chi connectivity index (χ3v) is 3.81. The highest BCUT2D eigenvalue weighted by Crippen LogP contribution is 2.26. The number of H-pyrrole nitrogens is 1. The summed E-state index contributed by atoms with van der Waals surface area (Å²) in [5, 5.41) is 2.96. The Morgan fingerprint density at radius 1 is 1.30 bits per heavy atom. The zero-order valence-electron chi connectivity index (χ0n) is 11.2. The summed E-state index contributed by atoms with van der Waals surface area (Å²) in [5.41, 5.74) is 8.67. The summed E-state index contributed by atoms with van der Waals surface area (Å²) < 4.78 is 0. The predicted octanol–water partition coefficient (Wildman–Crippen LogP) is 2.14. The first-order valence-electron chi connectivity index (χ1n) is 6.87. The standard InChI is InChI=1S/C15H18N4O/c16-12-4-1-11(7-12)15(20)19-13-5-2-10(3-6-13)14-8-17-9-18-14/h2-3,5-6,8-9,11-12H,1,4,7,16H2,(H,17,18)(H,19,20). The molecule has 0 spiro atoms. The Labute approximate surface area is 117 Å². The predicted molar refractivity (Wildman–Crippen MR) is 78.0 cm³/mol. The maximum absolute atomic E-state index is 12.1. The van der Waals surface area contributed by atoms with E-state index in [9.17, 15) is 4.79 Å². The number of anilines is 1. The molecule has 1 heterocycles. The zero-order chi connectivity index (χ0) is 13.9. The van der Waals surface area contributed by atoms with Gasteiger partial charge in [0.1, 0.15) is 0 Å². The number of benzene rings is 1. The summed E-state index contributed by atoms with van der Waals surface area (Å²) in [5.74, 6) is 0.129. The molecule has 0 saturated heterocycles. The number of carbonyl (C=O) groups excluding carboxylic acids is 1. The van der Waals surface area contributed by atoms with Gasteiger partial charge >= 0.3 is 0 Å². The van der Waals surface area contributed by atoms with Gasteiger partial charge in [0.2, 0.25) is 5.91 Å². The quantitative estimate of drug-likeness (QED) is 0.799. The van der Waals surface area contributed by atoms with Crippen LogP contribution in [0.4, 0.5) is 5.69 Å². The van der Waals surface area contributed by atoms with Crippen LogP contribution in [0.15, 0.2) is 36.8 Å². The second-order valence-corrected chi connectivity index (χ2v) is 5.30. The molecule has 1 aliphatic rings. The lowest BCUT2D eigenvalue weighted by Crippen LogP contribution is -2.23. The van der Waals surface area contributed by atoms with E-state index in [-0.39, 0.29) is 17.9 Å². The lowest BCUT2D eigenvalue weighted by molar-refractivity contribution is -0.119. The number of nitrogens with zero attached hydrogens (tertiary/aromatic N) is 1. The highest BCUT2D eigenvalue weighted by atomic mass is 16.1. The lowest BCUT2D eigenvalue weighted by Gasteiger charge is -2.11. The fourth-order valence-electron chi connectivity index (χ4n) is 2.65. The molecule has 20 heavy (non-hydrogen) atoms. The minimum atomic E-state index is 0.0530. The topological polar surface area (TPSA) is 83.8 Å². The maximum atomic E-state index is 12.1. The van der Waals surface area contributed by atoms with Crippen LogP contribution in [0.25, 0.3) is 11.3 Å². The number of nitrogens with two attached hydrogens (primary N) is 1. The Morgan fingerprint density at radius 3 is 2.70 bits per heavy atom. The second kappa shape index (κ2) is 5.46. The summed E-state index contributed by atoms with van der Waals surface area (Å²) in [7, 11) is 0. The molecule has 1 aliphatic carbocycles. The number of amides is 1. The van der Waals surface area contributed by atoms with Crippen LogP contribution >= 0.6 is 0 Å². The van der Waals surface area contributed by atoms with Gasteiger partial charge < -0.3 is 16.0 Å². The monoisotopic (exact) mass is 270 g/mol. The van der Waals surface area contributed by atoms with Gasteiger partial charge in [-0.3, -0.25) is 4.79 Å². The maximum Gasteiger partial charge on any atom is 0.227 e. The van der Waals surface area contributed by atoms with Crippen LogP contribution in [-0.4, -0.2) is 21.9 Å². The molecule has 104 valence electrons. The number of nitrogens with one attached hydrogen (secondary N) is 2. The first kappa shape index (κ1) is 12.9. The Balaban J connectivity index is 1.65. The molecule has 1 aromatic heterocycles. The van der Waals surface area contributed by atoms with Crippen LogP contribution in [-0.2, 0) is 4.79 Å². The van der Waals surface area contributed by atoms with Crippen LogP contribution in [0, 0.1) is 5.92 Å². The first-order chi connectivity index (χ1) is 9.72. The average Bonchev–Trinajstić information content (AvgIpc) is 3.10. The van der Waals surface area contributed by atoms with E-state index in [1.54, 1.807) is 12.5 Å². The van der Waals surface area contributed by atoms with E-state index >= 15 is 0 Å². The number of aromatic nitrogens is 2. The molecule has 2 aromatic rings. The molecule has 3 rings (SSSR count). The number of rotatable bonds is 3. The van der Waals surface area contributed by atoms with Crippen LogP contribution in [0.1, 0.15) is 19.3 Å². The number of aromatic amines is 1. The molecule has 5 heteroatoms. The molecule has 0 radical (unpaired) electrons. The van der Waals surface area contributed by atoms with E-state index in [4.69, 9.17) is 5.73 Å². The third kappa shape index (κ3) is 2.72. The molecule has 4 N–H and O–H groups in total. The van der Waals surface area contributed by atoms with E-state index < -0.39 is 0 Å². The minimum absolute atomic E-state index is 0.0530. The van der Waals surface area contributed by atoms with Crippen molar-refractivity contribution in [2.75, 3.05) is 5.32 Å². The van der Waals surface area contributed by atoms with Gasteiger partial charge in [-0.05, 0) is 37.0 Å². The van der Waals surface area contributed by atoms with Gasteiger partial charge in [-0.1, -0.05) is 12.1 Å². The highest BCUT2D eigenvalue weighted by Gasteiger charge is 2.27. The molecule has 1 aromatic carbocycles. The van der Waals surface area contributed by atoms with Crippen molar-refractivity contribution in [1.29, 1.82) is 0 Å². The van der Waals surface area contributed by atoms with Gasteiger partial charge in [-0.15, -0.1) is 0 Å². The van der Waals surface area contributed by atoms with Crippen molar-refractivity contribution in [1.82, 2.24) is 9.97 Å². The van der Waals surface area contributed by atoms with Crippen LogP contribution in [0.3, 0.4) is 0 Å². The fraction of sp³-hybridized carbons (Fsp3) is 0.333. The Kier molecular flexibility index (Phi) is 3.52. The number of hydrogen-bond acceptors (Lipinski definition) is 3. The van der Waals surface area contributed by atoms with Crippen molar-refractivity contribution in [3.63, 3.8) is 0 Å². The summed E-state index contributed by atoms with van der Waals surface area (Å²) in [6, 6.07) is 7.91. The third-order valence-electron chi connectivity index (χ3n) is 3.81. The van der Waals surface area contributed by atoms with Crippen molar-refractivity contribution < 1.29 is 4.79 Å². The Hall–Kier alpha value is -2.14. The number of imidazole rings is 1. The first-order valence-corrected chi connectivity index (χ1v) is 6.87. The van der Waals surface area contributed by atoms with E-state index in [0.717, 1.165) is 36.2 Å². The van der Waals surface area contributed by atoms with Crippen LogP contribution < -0.4 is 11.1 Å².